The van der Waals surface area contributed by atoms with E-state index in [9.17, 15) is 0 Å². The van der Waals surface area contributed by atoms with Gasteiger partial charge in [0, 0.05) is 31.6 Å². The second-order valence-electron chi connectivity index (χ2n) is 4.24. The Hall–Kier alpha value is -0.590. The minimum absolute atomic E-state index is 0.258. The highest BCUT2D eigenvalue weighted by Gasteiger charge is 2.28. The number of nitriles is 1. The molecule has 0 aliphatic carbocycles. The lowest BCUT2D eigenvalue weighted by molar-refractivity contribution is 0.0899. The standard InChI is InChI=1S/C10H19N3/c1-10(2)9-12-6-8-13(10)7-4-3-5-11/h12H,3-4,6-9H2,1-2H3. The minimum Gasteiger partial charge on any atom is -0.314 e. The fraction of sp³-hybridized carbons (Fsp3) is 0.900. The first kappa shape index (κ1) is 10.5. The minimum atomic E-state index is 0.258. The molecule has 1 aliphatic rings. The van der Waals surface area contributed by atoms with Crippen LogP contribution in [0, 0.1) is 11.3 Å². The first-order valence-electron chi connectivity index (χ1n) is 4.99. The number of rotatable bonds is 3. The van der Waals surface area contributed by atoms with Crippen LogP contribution >= 0.6 is 0 Å². The van der Waals surface area contributed by atoms with Gasteiger partial charge in [0.2, 0.25) is 0 Å². The lowest BCUT2D eigenvalue weighted by Gasteiger charge is -2.42. The zero-order valence-electron chi connectivity index (χ0n) is 8.64. The van der Waals surface area contributed by atoms with Crippen LogP contribution in [0.15, 0.2) is 0 Å². The zero-order chi connectivity index (χ0) is 9.73. The van der Waals surface area contributed by atoms with Gasteiger partial charge in [0.1, 0.15) is 0 Å². The van der Waals surface area contributed by atoms with E-state index in [4.69, 9.17) is 5.26 Å². The largest absolute Gasteiger partial charge is 0.314 e. The summed E-state index contributed by atoms with van der Waals surface area (Å²) in [6, 6.07) is 2.19. The smallest absolute Gasteiger partial charge is 0.0622 e. The molecular weight excluding hydrogens is 162 g/mol. The number of hydrogen-bond acceptors (Lipinski definition) is 3. The number of hydrogen-bond donors (Lipinski definition) is 1. The van der Waals surface area contributed by atoms with Gasteiger partial charge in [0.25, 0.3) is 0 Å². The van der Waals surface area contributed by atoms with Crippen LogP contribution in [0.2, 0.25) is 0 Å². The van der Waals surface area contributed by atoms with Crippen molar-refractivity contribution in [2.75, 3.05) is 26.2 Å². The van der Waals surface area contributed by atoms with Crippen LogP contribution in [-0.4, -0.2) is 36.6 Å². The molecule has 0 atom stereocenters. The topological polar surface area (TPSA) is 39.1 Å². The summed E-state index contributed by atoms with van der Waals surface area (Å²) in [5.74, 6) is 0. The van der Waals surface area contributed by atoms with Crippen LogP contribution in [0.1, 0.15) is 26.7 Å². The van der Waals surface area contributed by atoms with E-state index < -0.39 is 0 Å². The van der Waals surface area contributed by atoms with Crippen LogP contribution in [-0.2, 0) is 0 Å². The maximum Gasteiger partial charge on any atom is 0.0622 e. The number of nitrogens with one attached hydrogen (secondary N) is 1. The molecule has 0 amide bonds. The van der Waals surface area contributed by atoms with Gasteiger partial charge in [0.05, 0.1) is 6.07 Å². The van der Waals surface area contributed by atoms with Crippen molar-refractivity contribution in [3.63, 3.8) is 0 Å². The van der Waals surface area contributed by atoms with Gasteiger partial charge in [-0.15, -0.1) is 0 Å². The molecule has 74 valence electrons. The van der Waals surface area contributed by atoms with Crippen molar-refractivity contribution < 1.29 is 0 Å². The van der Waals surface area contributed by atoms with E-state index in [1.165, 1.54) is 0 Å². The van der Waals surface area contributed by atoms with Gasteiger partial charge >= 0.3 is 0 Å². The van der Waals surface area contributed by atoms with E-state index in [0.717, 1.165) is 32.6 Å². The Morgan fingerprint density at radius 1 is 1.54 bits per heavy atom. The summed E-state index contributed by atoms with van der Waals surface area (Å²) in [5.41, 5.74) is 0.258. The molecule has 3 nitrogen and oxygen atoms in total. The highest BCUT2D eigenvalue weighted by atomic mass is 15.2. The molecule has 1 heterocycles. The highest BCUT2D eigenvalue weighted by molar-refractivity contribution is 4.88. The van der Waals surface area contributed by atoms with Crippen LogP contribution < -0.4 is 5.32 Å². The molecule has 0 saturated carbocycles. The second-order valence-corrected chi connectivity index (χ2v) is 4.24. The summed E-state index contributed by atoms with van der Waals surface area (Å²) < 4.78 is 0. The number of unbranched alkanes of at least 4 members (excludes halogenated alkanes) is 1. The lowest BCUT2D eigenvalue weighted by atomic mass is 10.00. The monoisotopic (exact) mass is 181 g/mol. The molecule has 1 aliphatic heterocycles. The Labute approximate surface area is 80.7 Å². The van der Waals surface area contributed by atoms with Crippen molar-refractivity contribution in [3.8, 4) is 6.07 Å². The highest BCUT2D eigenvalue weighted by Crippen LogP contribution is 2.16. The molecule has 0 radical (unpaired) electrons. The van der Waals surface area contributed by atoms with Crippen molar-refractivity contribution in [3.05, 3.63) is 0 Å². The molecule has 1 N–H and O–H groups in total. The molecule has 1 saturated heterocycles. The third-order valence-corrected chi connectivity index (χ3v) is 2.69. The maximum absolute atomic E-state index is 8.44. The zero-order valence-corrected chi connectivity index (χ0v) is 8.64. The van der Waals surface area contributed by atoms with E-state index in [1.54, 1.807) is 0 Å². The van der Waals surface area contributed by atoms with Crippen molar-refractivity contribution in [1.82, 2.24) is 10.2 Å². The van der Waals surface area contributed by atoms with Gasteiger partial charge in [0.15, 0.2) is 0 Å². The molecule has 0 bridgehead atoms. The van der Waals surface area contributed by atoms with Crippen molar-refractivity contribution >= 4 is 0 Å². The predicted octanol–water partition coefficient (Wildman–Crippen LogP) is 0.974. The van der Waals surface area contributed by atoms with Gasteiger partial charge < -0.3 is 5.32 Å². The molecular formula is C10H19N3. The van der Waals surface area contributed by atoms with Crippen LogP contribution in [0.3, 0.4) is 0 Å². The number of nitrogens with zero attached hydrogens (tertiary/aromatic N) is 2. The molecule has 0 aromatic carbocycles. The van der Waals surface area contributed by atoms with E-state index in [2.05, 4.69) is 30.1 Å². The molecule has 1 fully saturated rings. The fourth-order valence-electron chi connectivity index (χ4n) is 1.79. The van der Waals surface area contributed by atoms with Crippen molar-refractivity contribution in [2.45, 2.75) is 32.2 Å². The van der Waals surface area contributed by atoms with Crippen molar-refractivity contribution in [2.24, 2.45) is 0 Å². The van der Waals surface area contributed by atoms with Gasteiger partial charge in [-0.1, -0.05) is 0 Å². The first-order chi connectivity index (χ1) is 6.17. The quantitative estimate of drug-likeness (QED) is 0.659. The van der Waals surface area contributed by atoms with E-state index in [-0.39, 0.29) is 5.54 Å². The van der Waals surface area contributed by atoms with Gasteiger partial charge in [-0.3, -0.25) is 4.90 Å². The SMILES string of the molecule is CC1(C)CNCCN1CCCC#N. The Morgan fingerprint density at radius 2 is 2.31 bits per heavy atom. The first-order valence-corrected chi connectivity index (χ1v) is 4.99. The fourth-order valence-corrected chi connectivity index (χ4v) is 1.79. The summed E-state index contributed by atoms with van der Waals surface area (Å²) in [5, 5.41) is 11.8. The van der Waals surface area contributed by atoms with Crippen LogP contribution in [0.4, 0.5) is 0 Å². The van der Waals surface area contributed by atoms with Gasteiger partial charge in [-0.05, 0) is 26.8 Å². The molecule has 0 aromatic rings. The Bertz CT molecular complexity index is 193. The van der Waals surface area contributed by atoms with E-state index >= 15 is 0 Å². The third kappa shape index (κ3) is 2.98. The normalized spacial score (nSPS) is 22.5. The Balaban J connectivity index is 2.34. The number of piperazine rings is 1. The Morgan fingerprint density at radius 3 is 2.92 bits per heavy atom. The average Bonchev–Trinajstić information content (AvgIpc) is 2.08. The molecule has 3 heteroatoms. The van der Waals surface area contributed by atoms with Gasteiger partial charge in [-0.25, -0.2) is 0 Å². The molecule has 0 aromatic heterocycles. The van der Waals surface area contributed by atoms with E-state index in [1.807, 2.05) is 0 Å². The molecule has 1 rings (SSSR count). The second kappa shape index (κ2) is 4.59. The van der Waals surface area contributed by atoms with Crippen LogP contribution in [0.5, 0.6) is 0 Å². The summed E-state index contributed by atoms with van der Waals surface area (Å²) in [7, 11) is 0. The summed E-state index contributed by atoms with van der Waals surface area (Å²) in [6.45, 7) is 8.81. The predicted molar refractivity (Wildman–Crippen MR) is 53.4 cm³/mol. The maximum atomic E-state index is 8.44. The van der Waals surface area contributed by atoms with Gasteiger partial charge in [-0.2, -0.15) is 5.26 Å². The Kier molecular flexibility index (Phi) is 3.71. The van der Waals surface area contributed by atoms with Crippen LogP contribution in [0.25, 0.3) is 0 Å². The lowest BCUT2D eigenvalue weighted by Crippen LogP contribution is -2.57. The molecule has 0 unspecified atom stereocenters. The third-order valence-electron chi connectivity index (χ3n) is 2.69. The van der Waals surface area contributed by atoms with E-state index in [0.29, 0.717) is 6.42 Å². The molecule has 0 spiro atoms. The summed E-state index contributed by atoms with van der Waals surface area (Å²) in [6.07, 6.45) is 1.68. The summed E-state index contributed by atoms with van der Waals surface area (Å²) in [4.78, 5) is 2.47. The van der Waals surface area contributed by atoms with Crippen molar-refractivity contribution in [1.29, 1.82) is 5.26 Å². The average molecular weight is 181 g/mol. The molecule has 13 heavy (non-hydrogen) atoms. The summed E-state index contributed by atoms with van der Waals surface area (Å²) >= 11 is 0.